The first-order valence-electron chi connectivity index (χ1n) is 10.8. The minimum absolute atomic E-state index is 0.133. The van der Waals surface area contributed by atoms with Crippen LogP contribution in [0.3, 0.4) is 0 Å². The van der Waals surface area contributed by atoms with Gasteiger partial charge in [0.1, 0.15) is 11.8 Å². The van der Waals surface area contributed by atoms with Crippen molar-refractivity contribution >= 4 is 23.4 Å². The molecule has 1 atom stereocenters. The molecule has 1 unspecified atom stereocenters. The highest BCUT2D eigenvalue weighted by molar-refractivity contribution is 6.37. The van der Waals surface area contributed by atoms with E-state index in [0.29, 0.717) is 18.9 Å². The fourth-order valence-corrected chi connectivity index (χ4v) is 3.00. The van der Waals surface area contributed by atoms with Gasteiger partial charge in [0, 0.05) is 39.6 Å². The van der Waals surface area contributed by atoms with E-state index in [9.17, 15) is 9.59 Å². The lowest BCUT2D eigenvalue weighted by Crippen LogP contribution is -2.44. The molecule has 1 aliphatic heterocycles. The maximum Gasteiger partial charge on any atom is 0.286 e. The third kappa shape index (κ3) is 9.35. The Morgan fingerprint density at radius 1 is 1.27 bits per heavy atom. The van der Waals surface area contributed by atoms with Gasteiger partial charge in [0.25, 0.3) is 5.91 Å². The van der Waals surface area contributed by atoms with Crippen LogP contribution in [0.2, 0.25) is 0 Å². The summed E-state index contributed by atoms with van der Waals surface area (Å²) in [6.45, 7) is 3.47. The van der Waals surface area contributed by atoms with Crippen LogP contribution >= 0.6 is 0 Å². The Balaban J connectivity index is 1.95. The highest BCUT2D eigenvalue weighted by Gasteiger charge is 2.20. The number of carbonyl (C=O) groups excluding carboxylic acids is 2. The molecule has 1 aromatic carbocycles. The molecule has 2 N–H and O–H groups in total. The Kier molecular flexibility index (Phi) is 10.8. The summed E-state index contributed by atoms with van der Waals surface area (Å²) >= 11 is 0. The Hall–Kier alpha value is -3.99. The van der Waals surface area contributed by atoms with Gasteiger partial charge in [-0.3, -0.25) is 19.6 Å². The molecule has 0 radical (unpaired) electrons. The number of amides is 2. The number of benzene rings is 1. The molecule has 1 aliphatic rings. The van der Waals surface area contributed by atoms with Gasteiger partial charge in [0.2, 0.25) is 5.91 Å². The molecule has 0 aliphatic carbocycles. The molecule has 2 rings (SSSR count). The number of nitrogens with zero attached hydrogens (tertiary/aromatic N) is 4. The van der Waals surface area contributed by atoms with Crippen LogP contribution in [0.4, 0.5) is 0 Å². The maximum absolute atomic E-state index is 13.0. The van der Waals surface area contributed by atoms with Crippen molar-refractivity contribution in [3.8, 4) is 6.07 Å². The Labute approximate surface area is 195 Å². The Morgan fingerprint density at radius 3 is 2.79 bits per heavy atom. The van der Waals surface area contributed by atoms with E-state index in [0.717, 1.165) is 5.56 Å². The molecular formula is C25H30N6O2. The molecule has 1 heterocycles. The van der Waals surface area contributed by atoms with Crippen LogP contribution in [0, 0.1) is 11.3 Å². The second kappa shape index (κ2) is 14.1. The van der Waals surface area contributed by atoms with Gasteiger partial charge in [-0.15, -0.1) is 0 Å². The molecule has 33 heavy (non-hydrogen) atoms. The summed E-state index contributed by atoms with van der Waals surface area (Å²) in [5.41, 5.74) is 1.36. The highest BCUT2D eigenvalue weighted by Crippen LogP contribution is 2.09. The van der Waals surface area contributed by atoms with Gasteiger partial charge in [-0.1, -0.05) is 60.7 Å². The van der Waals surface area contributed by atoms with Crippen molar-refractivity contribution in [2.24, 2.45) is 9.98 Å². The van der Waals surface area contributed by atoms with Crippen LogP contribution < -0.4 is 10.6 Å². The first-order chi connectivity index (χ1) is 16.0. The number of nitrogens with one attached hydrogen (secondary N) is 2. The quantitative estimate of drug-likeness (QED) is 0.567. The van der Waals surface area contributed by atoms with E-state index in [1.807, 2.05) is 72.5 Å². The van der Waals surface area contributed by atoms with Crippen molar-refractivity contribution in [2.45, 2.75) is 25.9 Å². The maximum atomic E-state index is 13.0. The van der Waals surface area contributed by atoms with E-state index < -0.39 is 0 Å². The monoisotopic (exact) mass is 446 g/mol. The second-order valence-electron chi connectivity index (χ2n) is 7.31. The number of amidine groups is 1. The third-order valence-electron chi connectivity index (χ3n) is 4.69. The van der Waals surface area contributed by atoms with Crippen molar-refractivity contribution in [3.63, 3.8) is 0 Å². The van der Waals surface area contributed by atoms with Crippen molar-refractivity contribution in [1.82, 2.24) is 15.5 Å². The number of carbonyl (C=O) groups is 2. The molecule has 1 aromatic rings. The standard InChI is InChI=1S/C25H30N6O2/c1-20-10-5-4-8-17-31(19-21-11-6-3-7-12-21)24(30-20)25(33)29-16-14-23(32)28-15-9-13-22(18-26)27-2/h3-13,20H,14-17,19H2,1-2H3,(H,28,32)(H,29,33)/b8-4-,10-5-,13-9-,27-22?,30-24?. The molecule has 8 heteroatoms. The van der Waals surface area contributed by atoms with Crippen LogP contribution in [-0.2, 0) is 16.1 Å². The van der Waals surface area contributed by atoms with E-state index >= 15 is 0 Å². The predicted octanol–water partition coefficient (Wildman–Crippen LogP) is 2.17. The third-order valence-corrected chi connectivity index (χ3v) is 4.69. The van der Waals surface area contributed by atoms with Crippen LogP contribution in [0.25, 0.3) is 0 Å². The van der Waals surface area contributed by atoms with Gasteiger partial charge in [0.15, 0.2) is 5.84 Å². The topological polar surface area (TPSA) is 110 Å². The summed E-state index contributed by atoms with van der Waals surface area (Å²) < 4.78 is 0. The van der Waals surface area contributed by atoms with E-state index in [4.69, 9.17) is 5.26 Å². The molecule has 0 saturated heterocycles. The zero-order valence-electron chi connectivity index (χ0n) is 19.1. The van der Waals surface area contributed by atoms with Gasteiger partial charge in [-0.25, -0.2) is 0 Å². The number of aliphatic imine (C=N–C) groups is 2. The summed E-state index contributed by atoms with van der Waals surface area (Å²) in [5, 5.41) is 14.3. The number of nitriles is 1. The summed E-state index contributed by atoms with van der Waals surface area (Å²) in [5.74, 6) is -0.176. The molecule has 8 nitrogen and oxygen atoms in total. The lowest BCUT2D eigenvalue weighted by Gasteiger charge is -2.25. The van der Waals surface area contributed by atoms with Gasteiger partial charge in [-0.05, 0) is 18.6 Å². The van der Waals surface area contributed by atoms with E-state index in [2.05, 4.69) is 20.6 Å². The summed E-state index contributed by atoms with van der Waals surface area (Å²) in [6, 6.07) is 11.7. The average molecular weight is 447 g/mol. The molecule has 0 bridgehead atoms. The van der Waals surface area contributed by atoms with Crippen molar-refractivity contribution in [2.75, 3.05) is 26.7 Å². The van der Waals surface area contributed by atoms with E-state index in [1.165, 1.54) is 7.05 Å². The van der Waals surface area contributed by atoms with Crippen LogP contribution in [0.5, 0.6) is 0 Å². The highest BCUT2D eigenvalue weighted by atomic mass is 16.2. The summed E-state index contributed by atoms with van der Waals surface area (Å²) in [7, 11) is 1.53. The fourth-order valence-electron chi connectivity index (χ4n) is 3.00. The molecule has 0 spiro atoms. The zero-order valence-corrected chi connectivity index (χ0v) is 19.1. The molecule has 2 amide bonds. The normalized spacial score (nSPS) is 18.3. The van der Waals surface area contributed by atoms with E-state index in [-0.39, 0.29) is 43.1 Å². The van der Waals surface area contributed by atoms with Crippen molar-refractivity contribution < 1.29 is 9.59 Å². The average Bonchev–Trinajstić information content (AvgIpc) is 2.90. The minimum Gasteiger partial charge on any atom is -0.353 e. The Morgan fingerprint density at radius 2 is 2.06 bits per heavy atom. The van der Waals surface area contributed by atoms with Gasteiger partial charge >= 0.3 is 0 Å². The van der Waals surface area contributed by atoms with Crippen LogP contribution in [0.15, 0.2) is 76.8 Å². The molecule has 0 aromatic heterocycles. The molecule has 172 valence electrons. The van der Waals surface area contributed by atoms with Crippen LogP contribution in [-0.4, -0.2) is 61.0 Å². The van der Waals surface area contributed by atoms with Crippen molar-refractivity contribution in [3.05, 3.63) is 72.4 Å². The molecular weight excluding hydrogens is 416 g/mol. The molecule has 0 saturated carbocycles. The smallest absolute Gasteiger partial charge is 0.286 e. The second-order valence-corrected chi connectivity index (χ2v) is 7.31. The van der Waals surface area contributed by atoms with Crippen LogP contribution in [0.1, 0.15) is 18.9 Å². The SMILES string of the molecule is CN=C(C#N)/C=C\CNC(=O)CCNC(=O)C1=NC(C)/C=C\C=C/CN1Cc1ccccc1. The number of hydrogen-bond acceptors (Lipinski definition) is 6. The first-order valence-corrected chi connectivity index (χ1v) is 10.8. The lowest BCUT2D eigenvalue weighted by molar-refractivity contribution is -0.121. The first kappa shape index (κ1) is 25.3. The van der Waals surface area contributed by atoms with Gasteiger partial charge in [-0.2, -0.15) is 5.26 Å². The Bertz CT molecular complexity index is 986. The summed E-state index contributed by atoms with van der Waals surface area (Å²) in [6.07, 6.45) is 11.1. The minimum atomic E-state index is -0.313. The van der Waals surface area contributed by atoms with Crippen molar-refractivity contribution in [1.29, 1.82) is 5.26 Å². The number of rotatable bonds is 9. The van der Waals surface area contributed by atoms with E-state index in [1.54, 1.807) is 12.2 Å². The predicted molar refractivity (Wildman–Crippen MR) is 131 cm³/mol. The lowest BCUT2D eigenvalue weighted by atomic mass is 10.2. The fraction of sp³-hybridized carbons (Fsp3) is 0.320. The van der Waals surface area contributed by atoms with Gasteiger partial charge < -0.3 is 15.5 Å². The summed E-state index contributed by atoms with van der Waals surface area (Å²) in [4.78, 5) is 35.4. The number of hydrogen-bond donors (Lipinski definition) is 2. The molecule has 0 fully saturated rings. The zero-order chi connectivity index (χ0) is 23.9. The number of allylic oxidation sites excluding steroid dienone is 3. The largest absolute Gasteiger partial charge is 0.353 e. The van der Waals surface area contributed by atoms with Gasteiger partial charge in [0.05, 0.1) is 6.04 Å².